The number of amides is 1. The van der Waals surface area contributed by atoms with Crippen LogP contribution in [0, 0.1) is 0 Å². The fraction of sp³-hybridized carbons (Fsp3) is 0.440. The van der Waals surface area contributed by atoms with Gasteiger partial charge in [-0.25, -0.2) is 4.79 Å². The van der Waals surface area contributed by atoms with Gasteiger partial charge in [0.25, 0.3) is 5.91 Å². The highest BCUT2D eigenvalue weighted by Gasteiger charge is 2.31. The molecule has 4 rings (SSSR count). The van der Waals surface area contributed by atoms with Gasteiger partial charge in [0.2, 0.25) is 0 Å². The van der Waals surface area contributed by atoms with E-state index >= 15 is 0 Å². The zero-order valence-electron chi connectivity index (χ0n) is 18.1. The quantitative estimate of drug-likeness (QED) is 0.636. The number of ether oxygens (including phenoxy) is 2. The SMILES string of the molecule is COC(=O)c1ccc(COc2ccc(C(=O)N3CCCC3CN3CCCC3)cc2)cc1. The van der Waals surface area contributed by atoms with Gasteiger partial charge in [0.05, 0.1) is 12.7 Å². The van der Waals surface area contributed by atoms with Crippen LogP contribution < -0.4 is 4.74 Å². The van der Waals surface area contributed by atoms with Crippen LogP contribution in [-0.4, -0.2) is 61.0 Å². The van der Waals surface area contributed by atoms with Crippen molar-refractivity contribution in [3.8, 4) is 5.75 Å². The summed E-state index contributed by atoms with van der Waals surface area (Å²) in [5.74, 6) is 0.476. The van der Waals surface area contributed by atoms with Gasteiger partial charge in [0.15, 0.2) is 0 Å². The Morgan fingerprint density at radius 3 is 2.26 bits per heavy atom. The summed E-state index contributed by atoms with van der Waals surface area (Å²) in [5.41, 5.74) is 2.18. The maximum Gasteiger partial charge on any atom is 0.337 e. The number of hydrogen-bond donors (Lipinski definition) is 0. The van der Waals surface area contributed by atoms with Gasteiger partial charge in [-0.2, -0.15) is 0 Å². The van der Waals surface area contributed by atoms with E-state index in [0.29, 0.717) is 29.5 Å². The van der Waals surface area contributed by atoms with E-state index in [9.17, 15) is 9.59 Å². The first-order valence-corrected chi connectivity index (χ1v) is 11.1. The van der Waals surface area contributed by atoms with Crippen molar-refractivity contribution in [2.24, 2.45) is 0 Å². The molecule has 2 aromatic rings. The lowest BCUT2D eigenvalue weighted by molar-refractivity contribution is 0.0600. The molecule has 1 unspecified atom stereocenters. The standard InChI is InChI=1S/C25H30N2O4/c1-30-25(29)21-8-6-19(7-9-21)18-31-23-12-10-20(11-13-23)24(28)27-16-4-5-22(27)17-26-14-2-3-15-26/h6-13,22H,2-5,14-18H2,1H3. The molecule has 164 valence electrons. The lowest BCUT2D eigenvalue weighted by Crippen LogP contribution is -2.42. The molecule has 6 nitrogen and oxygen atoms in total. The van der Waals surface area contributed by atoms with E-state index in [2.05, 4.69) is 9.80 Å². The third-order valence-electron chi connectivity index (χ3n) is 6.19. The fourth-order valence-electron chi connectivity index (χ4n) is 4.44. The van der Waals surface area contributed by atoms with Crippen molar-refractivity contribution in [2.75, 3.05) is 33.3 Å². The summed E-state index contributed by atoms with van der Waals surface area (Å²) in [4.78, 5) is 29.1. The highest BCUT2D eigenvalue weighted by molar-refractivity contribution is 5.94. The van der Waals surface area contributed by atoms with Gasteiger partial charge in [0, 0.05) is 24.7 Å². The summed E-state index contributed by atoms with van der Waals surface area (Å²) >= 11 is 0. The Balaban J connectivity index is 1.32. The van der Waals surface area contributed by atoms with Crippen LogP contribution in [-0.2, 0) is 11.3 Å². The minimum Gasteiger partial charge on any atom is -0.489 e. The summed E-state index contributed by atoms with van der Waals surface area (Å²) in [7, 11) is 1.37. The number of rotatable bonds is 7. The van der Waals surface area contributed by atoms with Crippen LogP contribution in [0.15, 0.2) is 48.5 Å². The van der Waals surface area contributed by atoms with Crippen LogP contribution >= 0.6 is 0 Å². The molecule has 2 aliphatic heterocycles. The summed E-state index contributed by atoms with van der Waals surface area (Å²) in [5, 5.41) is 0. The van der Waals surface area contributed by atoms with Crippen molar-refractivity contribution < 1.29 is 19.1 Å². The first-order valence-electron chi connectivity index (χ1n) is 11.1. The molecule has 0 spiro atoms. The third-order valence-corrected chi connectivity index (χ3v) is 6.19. The second kappa shape index (κ2) is 9.96. The molecule has 1 amide bonds. The average Bonchev–Trinajstić information content (AvgIpc) is 3.50. The normalized spacial score (nSPS) is 18.9. The zero-order valence-corrected chi connectivity index (χ0v) is 18.1. The predicted molar refractivity (Wildman–Crippen MR) is 118 cm³/mol. The van der Waals surface area contributed by atoms with Gasteiger partial charge in [-0.05, 0) is 80.7 Å². The molecule has 2 aliphatic rings. The number of benzene rings is 2. The second-order valence-corrected chi connectivity index (χ2v) is 8.30. The lowest BCUT2D eigenvalue weighted by Gasteiger charge is -2.28. The van der Waals surface area contributed by atoms with Gasteiger partial charge in [-0.1, -0.05) is 12.1 Å². The van der Waals surface area contributed by atoms with Gasteiger partial charge < -0.3 is 19.3 Å². The van der Waals surface area contributed by atoms with E-state index in [-0.39, 0.29) is 11.9 Å². The number of carbonyl (C=O) groups excluding carboxylic acids is 2. The van der Waals surface area contributed by atoms with E-state index in [4.69, 9.17) is 9.47 Å². The Morgan fingerprint density at radius 2 is 1.58 bits per heavy atom. The van der Waals surface area contributed by atoms with Gasteiger partial charge in [0.1, 0.15) is 12.4 Å². The molecule has 2 fully saturated rings. The molecule has 2 aromatic carbocycles. The van der Waals surface area contributed by atoms with Crippen molar-refractivity contribution in [3.63, 3.8) is 0 Å². The van der Waals surface area contributed by atoms with E-state index in [0.717, 1.165) is 44.6 Å². The highest BCUT2D eigenvalue weighted by atomic mass is 16.5. The number of methoxy groups -OCH3 is 1. The second-order valence-electron chi connectivity index (χ2n) is 8.30. The maximum atomic E-state index is 13.1. The molecule has 0 radical (unpaired) electrons. The van der Waals surface area contributed by atoms with E-state index in [1.807, 2.05) is 36.4 Å². The van der Waals surface area contributed by atoms with Crippen LogP contribution in [0.5, 0.6) is 5.75 Å². The number of nitrogens with zero attached hydrogens (tertiary/aromatic N) is 2. The molecule has 1 atom stereocenters. The smallest absolute Gasteiger partial charge is 0.337 e. The average molecular weight is 423 g/mol. The Morgan fingerprint density at radius 1 is 0.903 bits per heavy atom. The Labute approximate surface area is 183 Å². The Bertz CT molecular complexity index is 889. The topological polar surface area (TPSA) is 59.1 Å². The Hall–Kier alpha value is -2.86. The van der Waals surface area contributed by atoms with Gasteiger partial charge in [-0.15, -0.1) is 0 Å². The summed E-state index contributed by atoms with van der Waals surface area (Å²) in [6.07, 6.45) is 4.73. The van der Waals surface area contributed by atoms with Crippen LogP contribution in [0.25, 0.3) is 0 Å². The van der Waals surface area contributed by atoms with Crippen molar-refractivity contribution in [1.29, 1.82) is 0 Å². The van der Waals surface area contributed by atoms with E-state index in [1.54, 1.807) is 12.1 Å². The minimum atomic E-state index is -0.353. The number of esters is 1. The van der Waals surface area contributed by atoms with Gasteiger partial charge >= 0.3 is 5.97 Å². The van der Waals surface area contributed by atoms with E-state index < -0.39 is 0 Å². The first-order chi connectivity index (χ1) is 15.1. The van der Waals surface area contributed by atoms with Crippen molar-refractivity contribution in [3.05, 3.63) is 65.2 Å². The summed E-state index contributed by atoms with van der Waals surface area (Å²) in [6.45, 7) is 4.56. The van der Waals surface area contributed by atoms with Crippen LogP contribution in [0.2, 0.25) is 0 Å². The van der Waals surface area contributed by atoms with Crippen molar-refractivity contribution in [2.45, 2.75) is 38.3 Å². The van der Waals surface area contributed by atoms with Crippen molar-refractivity contribution >= 4 is 11.9 Å². The minimum absolute atomic E-state index is 0.117. The number of likely N-dealkylation sites (tertiary alicyclic amines) is 2. The molecule has 0 aliphatic carbocycles. The molecule has 0 aromatic heterocycles. The third kappa shape index (κ3) is 5.25. The van der Waals surface area contributed by atoms with Crippen LogP contribution in [0.4, 0.5) is 0 Å². The summed E-state index contributed by atoms with van der Waals surface area (Å²) < 4.78 is 10.5. The van der Waals surface area contributed by atoms with Gasteiger partial charge in [-0.3, -0.25) is 4.79 Å². The zero-order chi connectivity index (χ0) is 21.6. The van der Waals surface area contributed by atoms with Crippen LogP contribution in [0.1, 0.15) is 52.0 Å². The molecule has 0 saturated carbocycles. The molecular weight excluding hydrogens is 392 g/mol. The highest BCUT2D eigenvalue weighted by Crippen LogP contribution is 2.24. The summed E-state index contributed by atoms with van der Waals surface area (Å²) in [6, 6.07) is 14.9. The number of hydrogen-bond acceptors (Lipinski definition) is 5. The Kier molecular flexibility index (Phi) is 6.87. The molecule has 31 heavy (non-hydrogen) atoms. The number of carbonyl (C=O) groups is 2. The molecule has 2 saturated heterocycles. The van der Waals surface area contributed by atoms with E-state index in [1.165, 1.54) is 20.0 Å². The molecule has 6 heteroatoms. The molecule has 0 N–H and O–H groups in total. The first kappa shape index (κ1) is 21.4. The predicted octanol–water partition coefficient (Wildman–Crippen LogP) is 3.75. The fourth-order valence-corrected chi connectivity index (χ4v) is 4.44. The molecule has 0 bridgehead atoms. The lowest BCUT2D eigenvalue weighted by atomic mass is 10.1. The monoisotopic (exact) mass is 422 g/mol. The largest absolute Gasteiger partial charge is 0.489 e. The maximum absolute atomic E-state index is 13.1. The van der Waals surface area contributed by atoms with Crippen molar-refractivity contribution in [1.82, 2.24) is 9.80 Å². The molecular formula is C25H30N2O4. The van der Waals surface area contributed by atoms with Crippen LogP contribution in [0.3, 0.4) is 0 Å². The molecule has 2 heterocycles.